The van der Waals surface area contributed by atoms with Gasteiger partial charge >= 0.3 is 0 Å². The molecule has 0 saturated heterocycles. The van der Waals surface area contributed by atoms with E-state index >= 15 is 0 Å². The molecule has 4 heteroatoms. The number of likely N-dealkylation sites (N-methyl/N-ethyl adjacent to an activating group) is 1. The smallest absolute Gasteiger partial charge is 0.243 e. The maximum absolute atomic E-state index is 11.5. The standard InChI is InChI=1S/C16H19N3O/c1-4-17-16(20)11-10-15-12(2)18-19(13(15)3)14-8-6-5-7-9-14/h5-11H,4H2,1-3H3,(H,17,20)/b11-10+. The molecule has 0 spiro atoms. The molecule has 2 rings (SSSR count). The van der Waals surface area contributed by atoms with E-state index in [4.69, 9.17) is 0 Å². The van der Waals surface area contributed by atoms with Crippen LogP contribution in [0.1, 0.15) is 23.9 Å². The fourth-order valence-electron chi connectivity index (χ4n) is 2.11. The molecule has 1 heterocycles. The van der Waals surface area contributed by atoms with Crippen molar-refractivity contribution in [1.29, 1.82) is 0 Å². The van der Waals surface area contributed by atoms with Crippen LogP contribution in [0, 0.1) is 13.8 Å². The third-order valence-corrected chi connectivity index (χ3v) is 3.10. The molecule has 0 saturated carbocycles. The van der Waals surface area contributed by atoms with Crippen molar-refractivity contribution in [2.75, 3.05) is 6.54 Å². The summed E-state index contributed by atoms with van der Waals surface area (Å²) >= 11 is 0. The molecule has 1 N–H and O–H groups in total. The Morgan fingerprint density at radius 1 is 1.30 bits per heavy atom. The van der Waals surface area contributed by atoms with Crippen LogP contribution < -0.4 is 5.32 Å². The van der Waals surface area contributed by atoms with Gasteiger partial charge in [-0.05, 0) is 39.0 Å². The predicted molar refractivity (Wildman–Crippen MR) is 80.8 cm³/mol. The van der Waals surface area contributed by atoms with Gasteiger partial charge in [-0.1, -0.05) is 18.2 Å². The number of hydrogen-bond acceptors (Lipinski definition) is 2. The van der Waals surface area contributed by atoms with E-state index in [0.29, 0.717) is 6.54 Å². The van der Waals surface area contributed by atoms with Gasteiger partial charge in [-0.25, -0.2) is 4.68 Å². The first-order chi connectivity index (χ1) is 9.63. The summed E-state index contributed by atoms with van der Waals surface area (Å²) in [5.74, 6) is -0.0845. The van der Waals surface area contributed by atoms with Gasteiger partial charge in [0.15, 0.2) is 0 Å². The highest BCUT2D eigenvalue weighted by molar-refractivity contribution is 5.91. The van der Waals surface area contributed by atoms with E-state index in [2.05, 4.69) is 10.4 Å². The number of nitrogens with zero attached hydrogens (tertiary/aromatic N) is 2. The van der Waals surface area contributed by atoms with Crippen LogP contribution in [0.4, 0.5) is 0 Å². The summed E-state index contributed by atoms with van der Waals surface area (Å²) in [7, 11) is 0. The zero-order valence-corrected chi connectivity index (χ0v) is 12.1. The summed E-state index contributed by atoms with van der Waals surface area (Å²) < 4.78 is 1.90. The molecular weight excluding hydrogens is 250 g/mol. The number of hydrogen-bond donors (Lipinski definition) is 1. The van der Waals surface area contributed by atoms with Crippen molar-refractivity contribution in [3.63, 3.8) is 0 Å². The van der Waals surface area contributed by atoms with Gasteiger partial charge in [0.05, 0.1) is 11.4 Å². The molecule has 0 radical (unpaired) electrons. The topological polar surface area (TPSA) is 46.9 Å². The molecule has 0 aliphatic heterocycles. The molecule has 1 amide bonds. The third-order valence-electron chi connectivity index (χ3n) is 3.10. The van der Waals surface area contributed by atoms with Gasteiger partial charge < -0.3 is 5.32 Å². The minimum Gasteiger partial charge on any atom is -0.353 e. The number of carbonyl (C=O) groups is 1. The number of amides is 1. The minimum absolute atomic E-state index is 0.0845. The van der Waals surface area contributed by atoms with E-state index in [9.17, 15) is 4.79 Å². The van der Waals surface area contributed by atoms with Crippen LogP contribution in [-0.4, -0.2) is 22.2 Å². The maximum atomic E-state index is 11.5. The van der Waals surface area contributed by atoms with Crippen LogP contribution in [0.3, 0.4) is 0 Å². The lowest BCUT2D eigenvalue weighted by atomic mass is 10.2. The number of benzene rings is 1. The normalized spacial score (nSPS) is 10.9. The van der Waals surface area contributed by atoms with Crippen LogP contribution in [0.15, 0.2) is 36.4 Å². The lowest BCUT2D eigenvalue weighted by molar-refractivity contribution is -0.116. The second kappa shape index (κ2) is 6.19. The summed E-state index contributed by atoms with van der Waals surface area (Å²) in [5, 5.41) is 7.28. The second-order valence-corrected chi connectivity index (χ2v) is 4.56. The van der Waals surface area contributed by atoms with Gasteiger partial charge in [0.2, 0.25) is 5.91 Å². The molecule has 0 aliphatic rings. The fraction of sp³-hybridized carbons (Fsp3) is 0.250. The molecule has 0 atom stereocenters. The van der Waals surface area contributed by atoms with Crippen molar-refractivity contribution < 1.29 is 4.79 Å². The van der Waals surface area contributed by atoms with E-state index in [-0.39, 0.29) is 5.91 Å². The Balaban J connectivity index is 2.33. The Bertz CT molecular complexity index is 627. The van der Waals surface area contributed by atoms with Crippen molar-refractivity contribution >= 4 is 12.0 Å². The van der Waals surface area contributed by atoms with Crippen molar-refractivity contribution in [1.82, 2.24) is 15.1 Å². The highest BCUT2D eigenvalue weighted by Gasteiger charge is 2.10. The first-order valence-electron chi connectivity index (χ1n) is 6.71. The van der Waals surface area contributed by atoms with E-state index < -0.39 is 0 Å². The molecule has 0 unspecified atom stereocenters. The Labute approximate surface area is 119 Å². The van der Waals surface area contributed by atoms with Gasteiger partial charge in [0.1, 0.15) is 0 Å². The number of aryl methyl sites for hydroxylation is 1. The average molecular weight is 269 g/mol. The van der Waals surface area contributed by atoms with Crippen LogP contribution in [-0.2, 0) is 4.79 Å². The average Bonchev–Trinajstić information content (AvgIpc) is 2.73. The Morgan fingerprint density at radius 3 is 2.65 bits per heavy atom. The Kier molecular flexibility index (Phi) is 4.35. The highest BCUT2D eigenvalue weighted by Crippen LogP contribution is 2.18. The summed E-state index contributed by atoms with van der Waals surface area (Å²) in [6.07, 6.45) is 3.37. The molecule has 20 heavy (non-hydrogen) atoms. The van der Waals surface area contributed by atoms with Crippen LogP contribution in [0.25, 0.3) is 11.8 Å². The van der Waals surface area contributed by atoms with E-state index in [0.717, 1.165) is 22.6 Å². The van der Waals surface area contributed by atoms with Gasteiger partial charge in [-0.2, -0.15) is 5.10 Å². The highest BCUT2D eigenvalue weighted by atomic mass is 16.1. The van der Waals surface area contributed by atoms with E-state index in [1.54, 1.807) is 6.08 Å². The van der Waals surface area contributed by atoms with Crippen LogP contribution in [0.2, 0.25) is 0 Å². The number of carbonyl (C=O) groups excluding carboxylic acids is 1. The molecule has 0 bridgehead atoms. The zero-order chi connectivity index (χ0) is 14.5. The molecule has 2 aromatic rings. The van der Waals surface area contributed by atoms with Crippen molar-refractivity contribution in [3.8, 4) is 5.69 Å². The van der Waals surface area contributed by atoms with E-state index in [1.165, 1.54) is 0 Å². The molecule has 1 aromatic heterocycles. The Hall–Kier alpha value is -2.36. The quantitative estimate of drug-likeness (QED) is 0.867. The monoisotopic (exact) mass is 269 g/mol. The summed E-state index contributed by atoms with van der Waals surface area (Å²) in [4.78, 5) is 11.5. The second-order valence-electron chi connectivity index (χ2n) is 4.56. The molecule has 4 nitrogen and oxygen atoms in total. The van der Waals surface area contributed by atoms with Crippen LogP contribution in [0.5, 0.6) is 0 Å². The molecular formula is C16H19N3O. The first kappa shape index (κ1) is 14.1. The number of nitrogens with one attached hydrogen (secondary N) is 1. The van der Waals surface area contributed by atoms with Crippen molar-refractivity contribution in [3.05, 3.63) is 53.4 Å². The number of aromatic nitrogens is 2. The summed E-state index contributed by atoms with van der Waals surface area (Å²) in [6.45, 7) is 6.48. The lowest BCUT2D eigenvalue weighted by Gasteiger charge is -2.03. The number of rotatable bonds is 4. The number of para-hydroxylation sites is 1. The molecule has 104 valence electrons. The van der Waals surface area contributed by atoms with Gasteiger partial charge in [-0.15, -0.1) is 0 Å². The third kappa shape index (κ3) is 2.96. The maximum Gasteiger partial charge on any atom is 0.243 e. The van der Waals surface area contributed by atoms with Gasteiger partial charge in [-0.3, -0.25) is 4.79 Å². The van der Waals surface area contributed by atoms with Crippen LogP contribution >= 0.6 is 0 Å². The minimum atomic E-state index is -0.0845. The molecule has 0 aliphatic carbocycles. The zero-order valence-electron chi connectivity index (χ0n) is 12.1. The Morgan fingerprint density at radius 2 is 2.00 bits per heavy atom. The summed E-state index contributed by atoms with van der Waals surface area (Å²) in [6, 6.07) is 9.96. The largest absolute Gasteiger partial charge is 0.353 e. The lowest BCUT2D eigenvalue weighted by Crippen LogP contribution is -2.19. The molecule has 0 fully saturated rings. The predicted octanol–water partition coefficient (Wildman–Crippen LogP) is 2.64. The SMILES string of the molecule is CCNC(=O)/C=C/c1c(C)nn(-c2ccccc2)c1C. The summed E-state index contributed by atoms with van der Waals surface area (Å²) in [5.41, 5.74) is 3.94. The van der Waals surface area contributed by atoms with Gasteiger partial charge in [0, 0.05) is 23.9 Å². The van der Waals surface area contributed by atoms with Crippen molar-refractivity contribution in [2.45, 2.75) is 20.8 Å². The molecule has 1 aromatic carbocycles. The fourth-order valence-corrected chi connectivity index (χ4v) is 2.11. The first-order valence-corrected chi connectivity index (χ1v) is 6.71. The van der Waals surface area contributed by atoms with Gasteiger partial charge in [0.25, 0.3) is 0 Å². The van der Waals surface area contributed by atoms with Crippen molar-refractivity contribution in [2.24, 2.45) is 0 Å². The van der Waals surface area contributed by atoms with E-state index in [1.807, 2.05) is 61.9 Å².